The lowest BCUT2D eigenvalue weighted by Gasteiger charge is -2.11. The first kappa shape index (κ1) is 12.1. The number of carbonyl (C=O) groups excluding carboxylic acids is 1. The molecule has 2 heterocycles. The van der Waals surface area contributed by atoms with E-state index in [9.17, 15) is 4.79 Å². The number of hydrogen-bond donors (Lipinski definition) is 1. The lowest BCUT2D eigenvalue weighted by Crippen LogP contribution is -2.15. The molecule has 0 aliphatic rings. The van der Waals surface area contributed by atoms with Gasteiger partial charge in [0.05, 0.1) is 6.20 Å². The van der Waals surface area contributed by atoms with E-state index in [2.05, 4.69) is 10.1 Å². The Hall–Kier alpha value is -2.37. The van der Waals surface area contributed by atoms with Crippen LogP contribution < -0.4 is 5.73 Å². The van der Waals surface area contributed by atoms with Crippen LogP contribution in [0.25, 0.3) is 5.82 Å². The van der Waals surface area contributed by atoms with Crippen LogP contribution in [0.2, 0.25) is 0 Å². The van der Waals surface area contributed by atoms with E-state index in [1.54, 1.807) is 24.0 Å². The zero-order chi connectivity index (χ0) is 13.1. The summed E-state index contributed by atoms with van der Waals surface area (Å²) >= 11 is 0. The van der Waals surface area contributed by atoms with E-state index in [0.717, 1.165) is 11.1 Å². The highest BCUT2D eigenvalue weighted by Crippen LogP contribution is 2.16. The quantitative estimate of drug-likeness (QED) is 0.894. The Labute approximate surface area is 104 Å². The Bertz CT molecular complexity index is 547. The normalized spacial score (nSPS) is 12.1. The van der Waals surface area contributed by atoms with Gasteiger partial charge in [0.15, 0.2) is 5.82 Å². The van der Waals surface area contributed by atoms with Gasteiger partial charge in [0.1, 0.15) is 6.10 Å². The summed E-state index contributed by atoms with van der Waals surface area (Å²) in [5.74, 6) is 0.707. The van der Waals surface area contributed by atoms with E-state index in [4.69, 9.17) is 10.5 Å². The minimum absolute atomic E-state index is 0.414. The molecule has 6 heteroatoms. The third-order valence-corrected chi connectivity index (χ3v) is 2.48. The molecule has 0 bridgehead atoms. The van der Waals surface area contributed by atoms with Crippen LogP contribution >= 0.6 is 0 Å². The maximum absolute atomic E-state index is 10.6. The molecule has 1 amide bonds. The molecule has 0 aromatic carbocycles. The van der Waals surface area contributed by atoms with Gasteiger partial charge < -0.3 is 10.5 Å². The van der Waals surface area contributed by atoms with Crippen molar-refractivity contribution in [3.8, 4) is 5.82 Å². The number of nitrogens with zero attached hydrogens (tertiary/aromatic N) is 3. The molecule has 0 saturated heterocycles. The zero-order valence-electron chi connectivity index (χ0n) is 10.2. The fraction of sp³-hybridized carbons (Fsp3) is 0.250. The minimum Gasteiger partial charge on any atom is -0.442 e. The van der Waals surface area contributed by atoms with Crippen LogP contribution in [0.4, 0.5) is 4.79 Å². The fourth-order valence-electron chi connectivity index (χ4n) is 1.55. The average molecular weight is 246 g/mol. The number of ether oxygens (including phenoxy) is 1. The monoisotopic (exact) mass is 246 g/mol. The predicted molar refractivity (Wildman–Crippen MR) is 65.2 cm³/mol. The van der Waals surface area contributed by atoms with E-state index >= 15 is 0 Å². The molecule has 2 N–H and O–H groups in total. The SMILES string of the molecule is Cc1cnn(-c2ccc([C@H](C)OC(N)=O)cn2)c1. The van der Waals surface area contributed by atoms with Crippen molar-refractivity contribution >= 4 is 6.09 Å². The van der Waals surface area contributed by atoms with Crippen molar-refractivity contribution in [1.29, 1.82) is 0 Å². The number of aryl methyl sites for hydroxylation is 1. The minimum atomic E-state index is -0.797. The summed E-state index contributed by atoms with van der Waals surface area (Å²) < 4.78 is 6.54. The number of pyridine rings is 1. The third kappa shape index (κ3) is 2.65. The Morgan fingerprint density at radius 1 is 1.44 bits per heavy atom. The van der Waals surface area contributed by atoms with Gasteiger partial charge >= 0.3 is 6.09 Å². The summed E-state index contributed by atoms with van der Waals surface area (Å²) in [4.78, 5) is 14.9. The molecule has 1 atom stereocenters. The first-order valence-corrected chi connectivity index (χ1v) is 5.50. The summed E-state index contributed by atoms with van der Waals surface area (Å²) in [6, 6.07) is 3.63. The van der Waals surface area contributed by atoms with E-state index < -0.39 is 12.2 Å². The fourth-order valence-corrected chi connectivity index (χ4v) is 1.55. The van der Waals surface area contributed by atoms with Crippen molar-refractivity contribution in [2.75, 3.05) is 0 Å². The van der Waals surface area contributed by atoms with Gasteiger partial charge in [-0.2, -0.15) is 5.10 Å². The Balaban J connectivity index is 2.17. The van der Waals surface area contributed by atoms with Crippen molar-refractivity contribution in [1.82, 2.24) is 14.8 Å². The molecule has 6 nitrogen and oxygen atoms in total. The zero-order valence-corrected chi connectivity index (χ0v) is 10.2. The van der Waals surface area contributed by atoms with Crippen LogP contribution in [0.15, 0.2) is 30.7 Å². The number of amides is 1. The highest BCUT2D eigenvalue weighted by Gasteiger charge is 2.09. The third-order valence-electron chi connectivity index (χ3n) is 2.48. The molecule has 0 aliphatic heterocycles. The molecule has 0 aliphatic carbocycles. The molecular formula is C12H14N4O2. The van der Waals surface area contributed by atoms with E-state index in [-0.39, 0.29) is 0 Å². The van der Waals surface area contributed by atoms with Crippen LogP contribution in [0.3, 0.4) is 0 Å². The average Bonchev–Trinajstić information content (AvgIpc) is 2.75. The molecule has 2 rings (SSSR count). The topological polar surface area (TPSA) is 83.0 Å². The second-order valence-electron chi connectivity index (χ2n) is 3.99. The second-order valence-corrected chi connectivity index (χ2v) is 3.99. The number of aromatic nitrogens is 3. The summed E-state index contributed by atoms with van der Waals surface area (Å²) in [5, 5.41) is 4.16. The number of nitrogens with two attached hydrogens (primary N) is 1. The smallest absolute Gasteiger partial charge is 0.405 e. The van der Waals surface area contributed by atoms with Crippen LogP contribution in [0.5, 0.6) is 0 Å². The molecule has 0 spiro atoms. The molecule has 94 valence electrons. The Morgan fingerprint density at radius 2 is 2.22 bits per heavy atom. The van der Waals surface area contributed by atoms with Gasteiger partial charge in [-0.25, -0.2) is 14.5 Å². The van der Waals surface area contributed by atoms with Gasteiger partial charge in [0.25, 0.3) is 0 Å². The van der Waals surface area contributed by atoms with E-state index in [1.165, 1.54) is 0 Å². The van der Waals surface area contributed by atoms with Crippen molar-refractivity contribution in [3.63, 3.8) is 0 Å². The van der Waals surface area contributed by atoms with Gasteiger partial charge in [-0.1, -0.05) is 6.07 Å². The Morgan fingerprint density at radius 3 is 2.72 bits per heavy atom. The van der Waals surface area contributed by atoms with Crippen LogP contribution in [0, 0.1) is 6.92 Å². The van der Waals surface area contributed by atoms with Gasteiger partial charge in [-0.3, -0.25) is 0 Å². The number of carbonyl (C=O) groups is 1. The van der Waals surface area contributed by atoms with Crippen molar-refractivity contribution in [2.45, 2.75) is 20.0 Å². The standard InChI is InChI=1S/C12H14N4O2/c1-8-5-15-16(7-8)11-4-3-10(6-14-11)9(2)18-12(13)17/h3-7,9H,1-2H3,(H2,13,17)/t9-/m0/s1. The summed E-state index contributed by atoms with van der Waals surface area (Å²) in [6.45, 7) is 3.69. The molecule has 18 heavy (non-hydrogen) atoms. The lowest BCUT2D eigenvalue weighted by molar-refractivity contribution is 0.116. The van der Waals surface area contributed by atoms with Gasteiger partial charge in [-0.05, 0) is 25.5 Å². The summed E-state index contributed by atoms with van der Waals surface area (Å²) in [7, 11) is 0. The van der Waals surface area contributed by atoms with Crippen molar-refractivity contribution in [3.05, 3.63) is 41.9 Å². The molecule has 0 fully saturated rings. The largest absolute Gasteiger partial charge is 0.442 e. The molecule has 2 aromatic heterocycles. The highest BCUT2D eigenvalue weighted by molar-refractivity contribution is 5.64. The second kappa shape index (κ2) is 4.87. The number of hydrogen-bond acceptors (Lipinski definition) is 4. The van der Waals surface area contributed by atoms with E-state index in [1.807, 2.05) is 25.3 Å². The number of rotatable bonds is 3. The Kier molecular flexibility index (Phi) is 3.27. The predicted octanol–water partition coefficient (Wildman–Crippen LogP) is 1.73. The van der Waals surface area contributed by atoms with Crippen LogP contribution in [-0.2, 0) is 4.74 Å². The van der Waals surface area contributed by atoms with E-state index in [0.29, 0.717) is 5.82 Å². The first-order chi connectivity index (χ1) is 8.56. The first-order valence-electron chi connectivity index (χ1n) is 5.50. The van der Waals surface area contributed by atoms with Crippen LogP contribution in [-0.4, -0.2) is 20.9 Å². The molecule has 0 radical (unpaired) electrons. The lowest BCUT2D eigenvalue weighted by atomic mass is 10.2. The van der Waals surface area contributed by atoms with Crippen molar-refractivity contribution < 1.29 is 9.53 Å². The van der Waals surface area contributed by atoms with Crippen molar-refractivity contribution in [2.24, 2.45) is 5.73 Å². The molecule has 0 saturated carbocycles. The molecule has 0 unspecified atom stereocenters. The molecule has 2 aromatic rings. The maximum Gasteiger partial charge on any atom is 0.405 e. The van der Waals surface area contributed by atoms with Crippen LogP contribution in [0.1, 0.15) is 24.2 Å². The van der Waals surface area contributed by atoms with Gasteiger partial charge in [0.2, 0.25) is 0 Å². The number of primary amides is 1. The molecular weight excluding hydrogens is 232 g/mol. The van der Waals surface area contributed by atoms with Gasteiger partial charge in [-0.15, -0.1) is 0 Å². The van der Waals surface area contributed by atoms with Gasteiger partial charge in [0, 0.05) is 18.0 Å². The summed E-state index contributed by atoms with van der Waals surface area (Å²) in [6.07, 6.45) is 4.07. The highest BCUT2D eigenvalue weighted by atomic mass is 16.6. The maximum atomic E-state index is 10.6. The summed E-state index contributed by atoms with van der Waals surface area (Å²) in [5.41, 5.74) is 6.80.